The van der Waals surface area contributed by atoms with Crippen LogP contribution in [-0.2, 0) is 38.3 Å². The second-order valence-corrected chi connectivity index (χ2v) is 7.99. The number of rotatable bonds is 0. The number of halogens is 3. The standard InChI is InChI=1S/3Cu.3HI/h;;;3*1H/q;+1;+2;;;/p-3. The van der Waals surface area contributed by atoms with E-state index >= 15 is 0 Å². The van der Waals surface area contributed by atoms with Crippen molar-refractivity contribution in [2.45, 2.75) is 0 Å². The summed E-state index contributed by atoms with van der Waals surface area (Å²) in [6.45, 7) is 0. The summed E-state index contributed by atoms with van der Waals surface area (Å²) in [5.74, 6) is 0. The molecule has 0 aliphatic carbocycles. The molecule has 0 unspecified atom stereocenters. The molecule has 0 heterocycles. The van der Waals surface area contributed by atoms with Gasteiger partial charge in [-0.3, -0.25) is 0 Å². The molecule has 0 aromatic heterocycles. The Labute approximate surface area is 96.8 Å². The van der Waals surface area contributed by atoms with Crippen LogP contribution in [0.4, 0.5) is 0 Å². The van der Waals surface area contributed by atoms with Crippen molar-refractivity contribution in [3.05, 3.63) is 0 Å². The molecule has 0 atom stereocenters. The fourth-order valence-corrected chi connectivity index (χ4v) is 0. The predicted molar refractivity (Wildman–Crippen MR) is 42.1 cm³/mol. The van der Waals surface area contributed by atoms with Crippen LogP contribution in [0.1, 0.15) is 0 Å². The number of hydrogen-bond donors (Lipinski definition) is 0. The van der Waals surface area contributed by atoms with Gasteiger partial charge in [0, 0.05) is 17.1 Å². The zero-order valence-corrected chi connectivity index (χ0v) is 11.3. The van der Waals surface area contributed by atoms with E-state index in [1.165, 1.54) is 0 Å². The van der Waals surface area contributed by atoms with Crippen LogP contribution in [0.25, 0.3) is 0 Å². The Morgan fingerprint density at radius 2 is 1.17 bits per heavy atom. The molecule has 0 spiro atoms. The van der Waals surface area contributed by atoms with Crippen LogP contribution in [0.15, 0.2) is 0 Å². The molecule has 0 aromatic carbocycles. The molecule has 54 valence electrons. The van der Waals surface area contributed by atoms with E-state index in [4.69, 9.17) is 0 Å². The molecule has 1 radical (unpaired) electrons. The molecular formula is Cu3I3. The molecule has 0 aliphatic heterocycles. The van der Waals surface area contributed by atoms with Gasteiger partial charge in [-0.2, -0.15) is 0 Å². The summed E-state index contributed by atoms with van der Waals surface area (Å²) < 4.78 is 0. The van der Waals surface area contributed by atoms with Gasteiger partial charge in [0.25, 0.3) is 0 Å². The van der Waals surface area contributed by atoms with Crippen molar-refractivity contribution in [1.29, 1.82) is 0 Å². The minimum absolute atomic E-state index is 0. The fourth-order valence-electron chi connectivity index (χ4n) is 0. The van der Waals surface area contributed by atoms with Gasteiger partial charge in [-0.1, -0.05) is 0 Å². The van der Waals surface area contributed by atoms with E-state index in [2.05, 4.69) is 53.5 Å². The van der Waals surface area contributed by atoms with E-state index in [1.807, 2.05) is 0 Å². The van der Waals surface area contributed by atoms with Gasteiger partial charge in [-0.25, -0.2) is 0 Å². The van der Waals surface area contributed by atoms with Gasteiger partial charge in [0.2, 0.25) is 0 Å². The fraction of sp³-hybridized carbons (Fsp3) is 0. The summed E-state index contributed by atoms with van der Waals surface area (Å²) in [6.07, 6.45) is 0. The normalized spacial score (nSPS) is 4.83. The summed E-state index contributed by atoms with van der Waals surface area (Å²) in [7, 11) is 1.75. The van der Waals surface area contributed by atoms with Crippen molar-refractivity contribution in [2.75, 3.05) is 0 Å². The third kappa shape index (κ3) is 25.1. The Balaban J connectivity index is -0.0000000275. The Kier molecular flexibility index (Phi) is 63.6. The van der Waals surface area contributed by atoms with E-state index in [0.717, 1.165) is 0 Å². The minimum atomic E-state index is 0. The molecule has 0 amide bonds. The second-order valence-electron chi connectivity index (χ2n) is 0.0431. The first-order valence-electron chi connectivity index (χ1n) is 0.342. The van der Waals surface area contributed by atoms with Crippen LogP contribution >= 0.6 is 61.0 Å². The zero-order chi connectivity index (χ0) is 4.71. The summed E-state index contributed by atoms with van der Waals surface area (Å²) in [4.78, 5) is 0. The average Bonchev–Trinajstić information content (AvgIpc) is 1.46. The molecule has 0 saturated heterocycles. The van der Waals surface area contributed by atoms with Gasteiger partial charge in [-0.15, -0.1) is 0 Å². The van der Waals surface area contributed by atoms with Gasteiger partial charge in [-0.05, 0) is 0 Å². The monoisotopic (exact) mass is 570 g/mol. The molecule has 0 bridgehead atoms. The topological polar surface area (TPSA) is 0 Å². The van der Waals surface area contributed by atoms with Gasteiger partial charge >= 0.3 is 82.3 Å². The van der Waals surface area contributed by atoms with Gasteiger partial charge < -0.3 is 0 Å². The molecule has 0 fully saturated rings. The first-order chi connectivity index (χ1) is 2.41. The molecule has 0 rings (SSSR count). The second kappa shape index (κ2) is 23.3. The summed E-state index contributed by atoms with van der Waals surface area (Å²) in [6, 6.07) is 0. The Bertz CT molecular complexity index is 6.00. The van der Waals surface area contributed by atoms with E-state index in [-0.39, 0.29) is 17.1 Å². The molecule has 0 N–H and O–H groups in total. The third-order valence-electron chi connectivity index (χ3n) is 0. The zero-order valence-electron chi connectivity index (χ0n) is 2.04. The SMILES string of the molecule is [Cu].[Cu][I].[I][Cu][I]. The van der Waals surface area contributed by atoms with Gasteiger partial charge in [0.15, 0.2) is 0 Å². The molecule has 0 nitrogen and oxygen atoms in total. The van der Waals surface area contributed by atoms with Crippen molar-refractivity contribution >= 4 is 61.0 Å². The first kappa shape index (κ1) is 16.4. The van der Waals surface area contributed by atoms with Crippen LogP contribution in [0.2, 0.25) is 0 Å². The van der Waals surface area contributed by atoms with Gasteiger partial charge in [0.1, 0.15) is 0 Å². The third-order valence-corrected chi connectivity index (χ3v) is 0. The van der Waals surface area contributed by atoms with Crippen LogP contribution in [0.3, 0.4) is 0 Å². The summed E-state index contributed by atoms with van der Waals surface area (Å²) >= 11 is 10.2. The van der Waals surface area contributed by atoms with Crippen molar-refractivity contribution < 1.29 is 38.3 Å². The van der Waals surface area contributed by atoms with E-state index < -0.39 is 0 Å². The molecule has 0 aliphatic rings. The maximum absolute atomic E-state index is 4.16. The van der Waals surface area contributed by atoms with Crippen molar-refractivity contribution in [2.24, 2.45) is 0 Å². The summed E-state index contributed by atoms with van der Waals surface area (Å²) in [5, 5.41) is 0. The van der Waals surface area contributed by atoms with E-state index in [0.29, 0.717) is 0 Å². The van der Waals surface area contributed by atoms with Crippen LogP contribution in [0, 0.1) is 0 Å². The Morgan fingerprint density at radius 3 is 1.17 bits per heavy atom. The van der Waals surface area contributed by atoms with Crippen LogP contribution < -0.4 is 0 Å². The molecule has 6 heavy (non-hydrogen) atoms. The molecular weight excluding hydrogens is 571 g/mol. The van der Waals surface area contributed by atoms with Crippen LogP contribution in [0.5, 0.6) is 0 Å². The Morgan fingerprint density at radius 1 is 1.17 bits per heavy atom. The molecule has 6 heteroatoms. The first-order valence-corrected chi connectivity index (χ1v) is 9.46. The maximum atomic E-state index is 4.16. The Hall–Kier alpha value is 3.75. The van der Waals surface area contributed by atoms with Crippen molar-refractivity contribution in [3.63, 3.8) is 0 Å². The van der Waals surface area contributed by atoms with E-state index in [9.17, 15) is 0 Å². The predicted octanol–water partition coefficient (Wildman–Crippen LogP) is 2.65. The average molecular weight is 571 g/mol. The quantitative estimate of drug-likeness (QED) is 0.310. The van der Waals surface area contributed by atoms with E-state index in [1.54, 1.807) is 28.8 Å². The number of hydrogen-bond acceptors (Lipinski definition) is 0. The molecule has 0 saturated carbocycles. The van der Waals surface area contributed by atoms with Crippen LogP contribution in [-0.4, -0.2) is 0 Å². The molecule has 0 aromatic rings. The van der Waals surface area contributed by atoms with Gasteiger partial charge in [0.05, 0.1) is 0 Å². The van der Waals surface area contributed by atoms with Crippen molar-refractivity contribution in [1.82, 2.24) is 0 Å². The summed E-state index contributed by atoms with van der Waals surface area (Å²) in [5.41, 5.74) is 0. The van der Waals surface area contributed by atoms with Crippen molar-refractivity contribution in [3.8, 4) is 0 Å².